The number of benzene rings is 2. The van der Waals surface area contributed by atoms with Gasteiger partial charge in [-0.2, -0.15) is 4.99 Å². The zero-order chi connectivity index (χ0) is 17.8. The fourth-order valence-electron chi connectivity index (χ4n) is 3.90. The first-order chi connectivity index (χ1) is 12.6. The number of rotatable bonds is 0. The lowest BCUT2D eigenvalue weighted by Crippen LogP contribution is -2.42. The van der Waals surface area contributed by atoms with E-state index >= 15 is 0 Å². The smallest absolute Gasteiger partial charge is 0.250 e. The van der Waals surface area contributed by atoms with Crippen LogP contribution in [0.1, 0.15) is 23.1 Å². The van der Waals surface area contributed by atoms with E-state index in [9.17, 15) is 4.39 Å². The van der Waals surface area contributed by atoms with E-state index in [2.05, 4.69) is 40.5 Å². The van der Waals surface area contributed by atoms with E-state index in [-0.39, 0.29) is 5.02 Å². The largest absolute Gasteiger partial charge is 0.325 e. The number of aryl methyl sites for hydroxylation is 1. The maximum atomic E-state index is 14.3. The Labute approximate surface area is 155 Å². The zero-order valence-corrected chi connectivity index (χ0v) is 15.0. The van der Waals surface area contributed by atoms with Crippen LogP contribution in [0.5, 0.6) is 0 Å². The van der Waals surface area contributed by atoms with Crippen LogP contribution in [0, 0.1) is 12.7 Å². The van der Waals surface area contributed by atoms with Crippen LogP contribution >= 0.6 is 11.6 Å². The molecule has 3 aliphatic rings. The molecule has 0 unspecified atom stereocenters. The topological polar surface area (TPSA) is 43.2 Å². The van der Waals surface area contributed by atoms with Crippen LogP contribution in [0.4, 0.5) is 15.8 Å². The second-order valence-electron chi connectivity index (χ2n) is 6.70. The Morgan fingerprint density at radius 2 is 2.08 bits per heavy atom. The third-order valence-electron chi connectivity index (χ3n) is 5.17. The Kier molecular flexibility index (Phi) is 3.43. The van der Waals surface area contributed by atoms with E-state index in [1.54, 1.807) is 6.07 Å². The van der Waals surface area contributed by atoms with Gasteiger partial charge in [-0.05, 0) is 49.1 Å². The summed E-state index contributed by atoms with van der Waals surface area (Å²) in [5.41, 5.74) is 8.24. The molecule has 2 aromatic carbocycles. The van der Waals surface area contributed by atoms with E-state index in [1.807, 2.05) is 4.90 Å². The lowest BCUT2D eigenvalue weighted by Gasteiger charge is -2.36. The molecule has 3 heterocycles. The van der Waals surface area contributed by atoms with Crippen LogP contribution in [-0.2, 0) is 6.42 Å². The molecule has 0 aliphatic carbocycles. The molecule has 0 bridgehead atoms. The summed E-state index contributed by atoms with van der Waals surface area (Å²) in [6.45, 7) is 3.46. The minimum atomic E-state index is -0.438. The van der Waals surface area contributed by atoms with Gasteiger partial charge in [-0.15, -0.1) is 5.10 Å². The van der Waals surface area contributed by atoms with Crippen molar-refractivity contribution in [3.05, 3.63) is 57.9 Å². The molecule has 5 rings (SSSR count). The SMILES string of the molecule is Cc1cccc2c1CCCN2C1=NC2=NNCN2c2cc(Cl)c(F)cc21. The number of nitrogens with one attached hydrogen (secondary N) is 1. The minimum absolute atomic E-state index is 0.103. The monoisotopic (exact) mass is 369 g/mol. The van der Waals surface area contributed by atoms with Crippen LogP contribution in [-0.4, -0.2) is 25.0 Å². The van der Waals surface area contributed by atoms with E-state index in [0.29, 0.717) is 12.6 Å². The van der Waals surface area contributed by atoms with Crippen molar-refractivity contribution >= 4 is 34.8 Å². The number of hydrogen-bond donors (Lipinski definition) is 1. The average molecular weight is 370 g/mol. The van der Waals surface area contributed by atoms with Gasteiger partial charge in [0.25, 0.3) is 5.96 Å². The molecule has 26 heavy (non-hydrogen) atoms. The molecule has 3 aliphatic heterocycles. The summed E-state index contributed by atoms with van der Waals surface area (Å²) in [7, 11) is 0. The molecule has 5 nitrogen and oxygen atoms in total. The van der Waals surface area contributed by atoms with Crippen LogP contribution < -0.4 is 15.2 Å². The number of hydrogen-bond acceptors (Lipinski definition) is 5. The number of anilines is 2. The summed E-state index contributed by atoms with van der Waals surface area (Å²) in [5.74, 6) is 0.864. The van der Waals surface area contributed by atoms with E-state index in [1.165, 1.54) is 17.2 Å². The summed E-state index contributed by atoms with van der Waals surface area (Å²) < 4.78 is 14.3. The van der Waals surface area contributed by atoms with Gasteiger partial charge in [0.05, 0.1) is 10.7 Å². The third-order valence-corrected chi connectivity index (χ3v) is 5.46. The van der Waals surface area contributed by atoms with E-state index in [4.69, 9.17) is 16.6 Å². The molecule has 0 atom stereocenters. The predicted octanol–water partition coefficient (Wildman–Crippen LogP) is 3.64. The van der Waals surface area contributed by atoms with Crippen LogP contribution in [0.15, 0.2) is 40.4 Å². The van der Waals surface area contributed by atoms with Crippen molar-refractivity contribution in [2.75, 3.05) is 23.0 Å². The maximum absolute atomic E-state index is 14.3. The van der Waals surface area contributed by atoms with Crippen LogP contribution in [0.25, 0.3) is 0 Å². The summed E-state index contributed by atoms with van der Waals surface area (Å²) in [4.78, 5) is 8.84. The Bertz CT molecular complexity index is 984. The minimum Gasteiger partial charge on any atom is -0.325 e. The Morgan fingerprint density at radius 1 is 1.19 bits per heavy atom. The van der Waals surface area contributed by atoms with Crippen LogP contribution in [0.3, 0.4) is 0 Å². The average Bonchev–Trinajstić information content (AvgIpc) is 3.11. The molecule has 0 radical (unpaired) electrons. The second-order valence-corrected chi connectivity index (χ2v) is 7.11. The van der Waals surface area contributed by atoms with E-state index < -0.39 is 5.82 Å². The van der Waals surface area contributed by atoms with Crippen molar-refractivity contribution in [1.82, 2.24) is 5.43 Å². The Balaban J connectivity index is 1.71. The standard InChI is InChI=1S/C19H17ClFN5/c1-11-4-2-6-16-12(11)5-3-7-25(16)18-13-8-15(21)14(20)9-17(13)26-10-22-24-19(26)23-18/h2,4,6,8-9,22H,3,5,7,10H2,1H3. The molecule has 0 fully saturated rings. The van der Waals surface area contributed by atoms with Gasteiger partial charge in [-0.1, -0.05) is 23.7 Å². The lowest BCUT2D eigenvalue weighted by atomic mass is 9.96. The quantitative estimate of drug-likeness (QED) is 0.771. The molecule has 0 saturated heterocycles. The molecule has 0 saturated carbocycles. The second kappa shape index (κ2) is 5.71. The molecular formula is C19H17ClFN5. The van der Waals surface area contributed by atoms with Crippen molar-refractivity contribution in [2.24, 2.45) is 10.1 Å². The third kappa shape index (κ3) is 2.22. The summed E-state index contributed by atoms with van der Waals surface area (Å²) in [5, 5.41) is 4.37. The highest BCUT2D eigenvalue weighted by atomic mass is 35.5. The fourth-order valence-corrected chi connectivity index (χ4v) is 4.06. The first-order valence-corrected chi connectivity index (χ1v) is 9.03. The molecule has 0 amide bonds. The molecule has 0 aromatic heterocycles. The summed E-state index contributed by atoms with van der Waals surface area (Å²) in [6, 6.07) is 9.43. The van der Waals surface area contributed by atoms with Crippen LogP contribution in [0.2, 0.25) is 5.02 Å². The molecular weight excluding hydrogens is 353 g/mol. The molecule has 132 valence electrons. The lowest BCUT2D eigenvalue weighted by molar-refractivity contribution is 0.627. The van der Waals surface area contributed by atoms with Gasteiger partial charge < -0.3 is 4.90 Å². The first-order valence-electron chi connectivity index (χ1n) is 8.66. The maximum Gasteiger partial charge on any atom is 0.250 e. The molecule has 2 aromatic rings. The number of halogens is 2. The predicted molar refractivity (Wildman–Crippen MR) is 103 cm³/mol. The van der Waals surface area contributed by atoms with Gasteiger partial charge in [-0.25, -0.2) is 4.39 Å². The number of nitrogens with zero attached hydrogens (tertiary/aromatic N) is 4. The summed E-state index contributed by atoms with van der Waals surface area (Å²) in [6.07, 6.45) is 2.07. The van der Waals surface area contributed by atoms with Crippen molar-refractivity contribution in [1.29, 1.82) is 0 Å². The fraction of sp³-hybridized carbons (Fsp3) is 0.263. The number of guanidine groups is 1. The van der Waals surface area contributed by atoms with Gasteiger partial charge in [0.15, 0.2) is 0 Å². The van der Waals surface area contributed by atoms with Crippen molar-refractivity contribution < 1.29 is 4.39 Å². The van der Waals surface area contributed by atoms with Gasteiger partial charge in [0.1, 0.15) is 18.3 Å². The van der Waals surface area contributed by atoms with Gasteiger partial charge in [0.2, 0.25) is 0 Å². The number of aliphatic imine (C=N–C) groups is 1. The van der Waals surface area contributed by atoms with Gasteiger partial charge in [0, 0.05) is 17.8 Å². The highest BCUT2D eigenvalue weighted by Gasteiger charge is 2.33. The first kappa shape index (κ1) is 15.6. The molecule has 1 N–H and O–H groups in total. The number of amidine groups is 1. The Morgan fingerprint density at radius 3 is 2.96 bits per heavy atom. The van der Waals surface area contributed by atoms with Crippen molar-refractivity contribution in [3.8, 4) is 0 Å². The highest BCUT2D eigenvalue weighted by Crippen LogP contribution is 2.37. The molecule has 0 spiro atoms. The summed E-state index contributed by atoms with van der Waals surface area (Å²) >= 11 is 6.06. The van der Waals surface area contributed by atoms with Gasteiger partial charge >= 0.3 is 0 Å². The van der Waals surface area contributed by atoms with Crippen molar-refractivity contribution in [3.63, 3.8) is 0 Å². The normalized spacial score (nSPS) is 17.8. The van der Waals surface area contributed by atoms with Gasteiger partial charge in [-0.3, -0.25) is 10.3 Å². The van der Waals surface area contributed by atoms with Crippen molar-refractivity contribution in [2.45, 2.75) is 19.8 Å². The zero-order valence-electron chi connectivity index (χ0n) is 14.3. The molecule has 7 heteroatoms. The number of hydrazone groups is 1. The number of fused-ring (bicyclic) bond motifs is 4. The van der Waals surface area contributed by atoms with E-state index in [0.717, 1.165) is 42.2 Å². The highest BCUT2D eigenvalue weighted by molar-refractivity contribution is 6.32. The Hall–Kier alpha value is -2.60.